The second-order valence-corrected chi connectivity index (χ2v) is 6.00. The van der Waals surface area contributed by atoms with Gasteiger partial charge in [-0.05, 0) is 29.8 Å². The van der Waals surface area contributed by atoms with E-state index in [1.165, 1.54) is 6.26 Å². The van der Waals surface area contributed by atoms with Gasteiger partial charge in [-0.3, -0.25) is 0 Å². The zero-order valence-electron chi connectivity index (χ0n) is 10.2. The van der Waals surface area contributed by atoms with Crippen LogP contribution in [-0.2, 0) is 9.84 Å². The Labute approximate surface area is 107 Å². The summed E-state index contributed by atoms with van der Waals surface area (Å²) in [6, 6.07) is 10.6. The number of anilines is 1. The van der Waals surface area contributed by atoms with E-state index in [0.29, 0.717) is 4.90 Å². The first kappa shape index (κ1) is 12.6. The summed E-state index contributed by atoms with van der Waals surface area (Å²) in [4.78, 5) is 4.52. The SMILES string of the molecule is CNc1ccc(-c2cccc(S(C)(=O)=O)c2)cn1. The summed E-state index contributed by atoms with van der Waals surface area (Å²) in [5.74, 6) is 0.776. The van der Waals surface area contributed by atoms with E-state index in [1.54, 1.807) is 31.4 Å². The van der Waals surface area contributed by atoms with Crippen molar-refractivity contribution in [1.82, 2.24) is 4.98 Å². The van der Waals surface area contributed by atoms with Crippen LogP contribution in [0.3, 0.4) is 0 Å². The average molecular weight is 262 g/mol. The Morgan fingerprint density at radius 1 is 1.11 bits per heavy atom. The van der Waals surface area contributed by atoms with Gasteiger partial charge in [-0.15, -0.1) is 0 Å². The lowest BCUT2D eigenvalue weighted by atomic mass is 10.1. The molecule has 18 heavy (non-hydrogen) atoms. The van der Waals surface area contributed by atoms with Crippen LogP contribution in [0.25, 0.3) is 11.1 Å². The van der Waals surface area contributed by atoms with Crippen LogP contribution in [0.5, 0.6) is 0 Å². The van der Waals surface area contributed by atoms with Crippen LogP contribution in [-0.4, -0.2) is 26.7 Å². The van der Waals surface area contributed by atoms with Gasteiger partial charge < -0.3 is 5.32 Å². The second kappa shape index (κ2) is 4.78. The maximum atomic E-state index is 11.5. The quantitative estimate of drug-likeness (QED) is 0.921. The Balaban J connectivity index is 2.44. The van der Waals surface area contributed by atoms with Crippen molar-refractivity contribution in [1.29, 1.82) is 0 Å². The lowest BCUT2D eigenvalue weighted by Crippen LogP contribution is -1.97. The van der Waals surface area contributed by atoms with Gasteiger partial charge in [0.05, 0.1) is 4.90 Å². The van der Waals surface area contributed by atoms with Gasteiger partial charge >= 0.3 is 0 Å². The van der Waals surface area contributed by atoms with Crippen molar-refractivity contribution in [3.05, 3.63) is 42.6 Å². The normalized spacial score (nSPS) is 11.2. The molecule has 4 nitrogen and oxygen atoms in total. The Bertz CT molecular complexity index is 649. The van der Waals surface area contributed by atoms with Crippen molar-refractivity contribution in [3.63, 3.8) is 0 Å². The topological polar surface area (TPSA) is 59.1 Å². The third-order valence-electron chi connectivity index (χ3n) is 2.62. The molecule has 0 saturated heterocycles. The van der Waals surface area contributed by atoms with E-state index >= 15 is 0 Å². The lowest BCUT2D eigenvalue weighted by molar-refractivity contribution is 0.602. The lowest BCUT2D eigenvalue weighted by Gasteiger charge is -2.05. The van der Waals surface area contributed by atoms with Crippen molar-refractivity contribution in [2.24, 2.45) is 0 Å². The predicted molar refractivity (Wildman–Crippen MR) is 72.3 cm³/mol. The molecule has 0 fully saturated rings. The van der Waals surface area contributed by atoms with E-state index in [2.05, 4.69) is 10.3 Å². The molecule has 0 atom stereocenters. The molecule has 94 valence electrons. The Morgan fingerprint density at radius 3 is 2.44 bits per heavy atom. The van der Waals surface area contributed by atoms with Gasteiger partial charge in [0.25, 0.3) is 0 Å². The molecule has 2 aromatic rings. The van der Waals surface area contributed by atoms with Crippen LogP contribution in [0.4, 0.5) is 5.82 Å². The first-order chi connectivity index (χ1) is 8.50. The van der Waals surface area contributed by atoms with E-state index in [4.69, 9.17) is 0 Å². The molecule has 0 aliphatic rings. The first-order valence-electron chi connectivity index (χ1n) is 5.45. The van der Waals surface area contributed by atoms with Crippen LogP contribution in [0, 0.1) is 0 Å². The van der Waals surface area contributed by atoms with Gasteiger partial charge in [-0.25, -0.2) is 13.4 Å². The zero-order chi connectivity index (χ0) is 13.2. The van der Waals surface area contributed by atoms with Gasteiger partial charge in [0.2, 0.25) is 0 Å². The monoisotopic (exact) mass is 262 g/mol. The molecular formula is C13H14N2O2S. The minimum atomic E-state index is -3.18. The smallest absolute Gasteiger partial charge is 0.175 e. The standard InChI is InChI=1S/C13H14N2O2S/c1-14-13-7-6-11(9-15-13)10-4-3-5-12(8-10)18(2,16)17/h3-9H,1-2H3,(H,14,15). The fourth-order valence-electron chi connectivity index (χ4n) is 1.62. The third-order valence-corrected chi connectivity index (χ3v) is 3.73. The van der Waals surface area contributed by atoms with E-state index in [1.807, 2.05) is 18.2 Å². The molecule has 5 heteroatoms. The molecule has 0 spiro atoms. The van der Waals surface area contributed by atoms with Crippen LogP contribution in [0.2, 0.25) is 0 Å². The molecule has 0 saturated carbocycles. The summed E-state index contributed by atoms with van der Waals surface area (Å²) < 4.78 is 23.0. The highest BCUT2D eigenvalue weighted by Crippen LogP contribution is 2.22. The van der Waals surface area contributed by atoms with E-state index in [-0.39, 0.29) is 0 Å². The molecule has 0 radical (unpaired) electrons. The number of nitrogens with one attached hydrogen (secondary N) is 1. The number of sulfone groups is 1. The number of hydrogen-bond acceptors (Lipinski definition) is 4. The first-order valence-corrected chi connectivity index (χ1v) is 7.34. The minimum Gasteiger partial charge on any atom is -0.373 e. The largest absolute Gasteiger partial charge is 0.373 e. The molecule has 2 rings (SSSR count). The number of benzene rings is 1. The molecule has 1 N–H and O–H groups in total. The van der Waals surface area contributed by atoms with Crippen molar-refractivity contribution in [3.8, 4) is 11.1 Å². The summed E-state index contributed by atoms with van der Waals surface area (Å²) in [6.45, 7) is 0. The number of pyridine rings is 1. The van der Waals surface area contributed by atoms with Gasteiger partial charge in [-0.2, -0.15) is 0 Å². The Kier molecular flexibility index (Phi) is 3.34. The van der Waals surface area contributed by atoms with Crippen molar-refractivity contribution >= 4 is 15.7 Å². The maximum absolute atomic E-state index is 11.5. The Hall–Kier alpha value is -1.88. The van der Waals surface area contributed by atoms with E-state index < -0.39 is 9.84 Å². The second-order valence-electron chi connectivity index (χ2n) is 3.98. The molecule has 1 aromatic heterocycles. The van der Waals surface area contributed by atoms with Crippen LogP contribution < -0.4 is 5.32 Å². The van der Waals surface area contributed by atoms with Crippen molar-refractivity contribution in [2.75, 3.05) is 18.6 Å². The molecule has 1 aromatic carbocycles. The maximum Gasteiger partial charge on any atom is 0.175 e. The summed E-state index contributed by atoms with van der Waals surface area (Å²) in [5, 5.41) is 2.93. The number of aromatic nitrogens is 1. The highest BCUT2D eigenvalue weighted by molar-refractivity contribution is 7.90. The highest BCUT2D eigenvalue weighted by Gasteiger charge is 2.08. The average Bonchev–Trinajstić information content (AvgIpc) is 2.38. The molecule has 0 aliphatic heterocycles. The Morgan fingerprint density at radius 2 is 1.89 bits per heavy atom. The number of rotatable bonds is 3. The molecule has 0 bridgehead atoms. The van der Waals surface area contributed by atoms with Gasteiger partial charge in [0.1, 0.15) is 5.82 Å². The van der Waals surface area contributed by atoms with Crippen LogP contribution in [0.1, 0.15) is 0 Å². The van der Waals surface area contributed by atoms with Crippen molar-refractivity contribution < 1.29 is 8.42 Å². The molecule has 0 aliphatic carbocycles. The summed E-state index contributed by atoms with van der Waals surface area (Å²) in [5.41, 5.74) is 1.73. The molecular weight excluding hydrogens is 248 g/mol. The fraction of sp³-hybridized carbons (Fsp3) is 0.154. The molecule has 0 unspecified atom stereocenters. The summed E-state index contributed by atoms with van der Waals surface area (Å²) in [7, 11) is -1.38. The number of nitrogens with zero attached hydrogens (tertiary/aromatic N) is 1. The van der Waals surface area contributed by atoms with Crippen LogP contribution in [0.15, 0.2) is 47.5 Å². The third kappa shape index (κ3) is 2.68. The minimum absolute atomic E-state index is 0.317. The predicted octanol–water partition coefficient (Wildman–Crippen LogP) is 2.19. The van der Waals surface area contributed by atoms with E-state index in [0.717, 1.165) is 16.9 Å². The molecule has 1 heterocycles. The van der Waals surface area contributed by atoms with E-state index in [9.17, 15) is 8.42 Å². The summed E-state index contributed by atoms with van der Waals surface area (Å²) >= 11 is 0. The highest BCUT2D eigenvalue weighted by atomic mass is 32.2. The van der Waals surface area contributed by atoms with Gasteiger partial charge in [-0.1, -0.05) is 12.1 Å². The zero-order valence-corrected chi connectivity index (χ0v) is 11.0. The van der Waals surface area contributed by atoms with Crippen LogP contribution >= 0.6 is 0 Å². The fourth-order valence-corrected chi connectivity index (χ4v) is 2.29. The van der Waals surface area contributed by atoms with Gasteiger partial charge in [0, 0.05) is 25.1 Å². The van der Waals surface area contributed by atoms with Gasteiger partial charge in [0.15, 0.2) is 9.84 Å². The molecule has 0 amide bonds. The number of hydrogen-bond donors (Lipinski definition) is 1. The summed E-state index contributed by atoms with van der Waals surface area (Å²) in [6.07, 6.45) is 2.92. The van der Waals surface area contributed by atoms with Crippen molar-refractivity contribution in [2.45, 2.75) is 4.90 Å².